The topological polar surface area (TPSA) is 65.4 Å². The van der Waals surface area contributed by atoms with Crippen LogP contribution in [0, 0.1) is 19.7 Å². The van der Waals surface area contributed by atoms with Gasteiger partial charge < -0.3 is 14.8 Å². The lowest BCUT2D eigenvalue weighted by Gasteiger charge is -2.22. The van der Waals surface area contributed by atoms with Gasteiger partial charge in [0.1, 0.15) is 5.82 Å². The third-order valence-electron chi connectivity index (χ3n) is 4.77. The van der Waals surface area contributed by atoms with Crippen LogP contribution in [0.3, 0.4) is 0 Å². The van der Waals surface area contributed by atoms with Gasteiger partial charge in [0.25, 0.3) is 5.91 Å². The fourth-order valence-electron chi connectivity index (χ4n) is 3.10. The summed E-state index contributed by atoms with van der Waals surface area (Å²) < 4.78 is 26.3. The number of aromatic nitrogens is 2. The predicted octanol–water partition coefficient (Wildman–Crippen LogP) is 3.11. The molecule has 1 aliphatic heterocycles. The first kappa shape index (κ1) is 19.5. The maximum Gasteiger partial charge on any atom is 0.255 e. The number of amides is 1. The molecule has 0 radical (unpaired) electrons. The Hall–Kier alpha value is -2.25. The van der Waals surface area contributed by atoms with Crippen molar-refractivity contribution >= 4 is 5.91 Å². The minimum atomic E-state index is -0.247. The number of carbonyl (C=O) groups excluding carboxylic acids is 1. The van der Waals surface area contributed by atoms with E-state index >= 15 is 0 Å². The van der Waals surface area contributed by atoms with Crippen molar-refractivity contribution in [3.05, 3.63) is 52.6 Å². The number of rotatable bonds is 7. The third-order valence-corrected chi connectivity index (χ3v) is 4.77. The lowest BCUT2D eigenvalue weighted by Crippen LogP contribution is -2.25. The Labute approximate surface area is 158 Å². The Kier molecular flexibility index (Phi) is 6.58. The Morgan fingerprint density at radius 1 is 1.41 bits per heavy atom. The SMILES string of the molecule is Cc1cc(CNC(=O)c2cnn(CCOC3CCCCO3)c2C)ccc1F. The van der Waals surface area contributed by atoms with Gasteiger partial charge in [0.15, 0.2) is 6.29 Å². The molecule has 146 valence electrons. The third kappa shape index (κ3) is 5.14. The van der Waals surface area contributed by atoms with Crippen molar-refractivity contribution in [1.82, 2.24) is 15.1 Å². The molecule has 0 saturated carbocycles. The average molecular weight is 375 g/mol. The number of carbonyl (C=O) groups is 1. The fourth-order valence-corrected chi connectivity index (χ4v) is 3.10. The predicted molar refractivity (Wildman–Crippen MR) is 98.8 cm³/mol. The molecular weight excluding hydrogens is 349 g/mol. The molecule has 6 nitrogen and oxygen atoms in total. The van der Waals surface area contributed by atoms with E-state index in [1.807, 2.05) is 6.92 Å². The van der Waals surface area contributed by atoms with Crippen LogP contribution in [0.2, 0.25) is 0 Å². The molecule has 1 saturated heterocycles. The van der Waals surface area contributed by atoms with Crippen LogP contribution in [0.5, 0.6) is 0 Å². The molecule has 2 aromatic rings. The summed E-state index contributed by atoms with van der Waals surface area (Å²) in [5.74, 6) is -0.444. The molecule has 2 heterocycles. The molecule has 1 atom stereocenters. The van der Waals surface area contributed by atoms with E-state index < -0.39 is 0 Å². The van der Waals surface area contributed by atoms with Gasteiger partial charge in [0, 0.05) is 18.8 Å². The summed E-state index contributed by atoms with van der Waals surface area (Å²) >= 11 is 0. The lowest BCUT2D eigenvalue weighted by atomic mass is 10.1. The summed E-state index contributed by atoms with van der Waals surface area (Å²) in [5, 5.41) is 7.14. The zero-order chi connectivity index (χ0) is 19.2. The number of nitrogens with one attached hydrogen (secondary N) is 1. The molecule has 0 bridgehead atoms. The first-order valence-corrected chi connectivity index (χ1v) is 9.33. The Morgan fingerprint density at radius 3 is 3.00 bits per heavy atom. The zero-order valence-corrected chi connectivity index (χ0v) is 15.8. The Bertz CT molecular complexity index is 785. The van der Waals surface area contributed by atoms with Gasteiger partial charge in [-0.05, 0) is 50.3 Å². The summed E-state index contributed by atoms with van der Waals surface area (Å²) in [7, 11) is 0. The van der Waals surface area contributed by atoms with E-state index in [0.29, 0.717) is 30.8 Å². The largest absolute Gasteiger partial charge is 0.353 e. The standard InChI is InChI=1S/C20H26FN3O3/c1-14-11-16(6-7-18(14)21)12-22-20(25)17-13-23-24(15(17)2)8-10-27-19-5-3-4-9-26-19/h6-7,11,13,19H,3-5,8-10,12H2,1-2H3,(H,22,25). The molecule has 0 aliphatic carbocycles. The summed E-state index contributed by atoms with van der Waals surface area (Å²) in [6.45, 7) is 5.71. The van der Waals surface area contributed by atoms with Crippen molar-refractivity contribution in [2.24, 2.45) is 0 Å². The maximum absolute atomic E-state index is 13.3. The van der Waals surface area contributed by atoms with Gasteiger partial charge in [-0.1, -0.05) is 12.1 Å². The molecule has 1 N–H and O–H groups in total. The zero-order valence-electron chi connectivity index (χ0n) is 15.8. The highest BCUT2D eigenvalue weighted by Crippen LogP contribution is 2.14. The minimum Gasteiger partial charge on any atom is -0.353 e. The summed E-state index contributed by atoms with van der Waals surface area (Å²) in [6, 6.07) is 4.82. The quantitative estimate of drug-likeness (QED) is 0.808. The number of ether oxygens (including phenoxy) is 2. The molecule has 1 unspecified atom stereocenters. The van der Waals surface area contributed by atoms with Crippen LogP contribution in [0.25, 0.3) is 0 Å². The van der Waals surface area contributed by atoms with E-state index in [-0.39, 0.29) is 18.0 Å². The van der Waals surface area contributed by atoms with Crippen LogP contribution < -0.4 is 5.32 Å². The van der Waals surface area contributed by atoms with Crippen LogP contribution >= 0.6 is 0 Å². The Morgan fingerprint density at radius 2 is 2.26 bits per heavy atom. The number of nitrogens with zero attached hydrogens (tertiary/aromatic N) is 2. The minimum absolute atomic E-state index is 0.128. The van der Waals surface area contributed by atoms with E-state index in [2.05, 4.69) is 10.4 Å². The second-order valence-corrected chi connectivity index (χ2v) is 6.80. The van der Waals surface area contributed by atoms with E-state index in [9.17, 15) is 9.18 Å². The van der Waals surface area contributed by atoms with Crippen molar-refractivity contribution in [3.63, 3.8) is 0 Å². The first-order valence-electron chi connectivity index (χ1n) is 9.33. The van der Waals surface area contributed by atoms with Crippen LogP contribution in [0.1, 0.15) is 46.4 Å². The van der Waals surface area contributed by atoms with Crippen LogP contribution in [0.4, 0.5) is 4.39 Å². The van der Waals surface area contributed by atoms with Gasteiger partial charge in [0.05, 0.1) is 24.9 Å². The van der Waals surface area contributed by atoms with Crippen molar-refractivity contribution < 1.29 is 18.7 Å². The molecule has 27 heavy (non-hydrogen) atoms. The van der Waals surface area contributed by atoms with E-state index in [4.69, 9.17) is 9.47 Å². The second-order valence-electron chi connectivity index (χ2n) is 6.80. The van der Waals surface area contributed by atoms with Gasteiger partial charge in [-0.15, -0.1) is 0 Å². The van der Waals surface area contributed by atoms with Gasteiger partial charge in [-0.2, -0.15) is 5.10 Å². The van der Waals surface area contributed by atoms with Crippen molar-refractivity contribution in [2.75, 3.05) is 13.2 Å². The number of aryl methyl sites for hydroxylation is 1. The number of hydrogen-bond acceptors (Lipinski definition) is 4. The van der Waals surface area contributed by atoms with Crippen molar-refractivity contribution in [1.29, 1.82) is 0 Å². The molecule has 1 amide bonds. The Balaban J connectivity index is 1.50. The molecule has 1 aliphatic rings. The van der Waals surface area contributed by atoms with Crippen LogP contribution in [-0.4, -0.2) is 35.2 Å². The average Bonchev–Trinajstić information content (AvgIpc) is 3.04. The number of hydrogen-bond donors (Lipinski definition) is 1. The molecular formula is C20H26FN3O3. The van der Waals surface area contributed by atoms with Crippen molar-refractivity contribution in [2.45, 2.75) is 52.5 Å². The van der Waals surface area contributed by atoms with Crippen LogP contribution in [0.15, 0.2) is 24.4 Å². The highest BCUT2D eigenvalue weighted by atomic mass is 19.1. The van der Waals surface area contributed by atoms with Crippen LogP contribution in [-0.2, 0) is 22.6 Å². The van der Waals surface area contributed by atoms with E-state index in [1.165, 1.54) is 6.07 Å². The van der Waals surface area contributed by atoms with E-state index in [1.54, 1.807) is 29.9 Å². The van der Waals surface area contributed by atoms with Gasteiger partial charge >= 0.3 is 0 Å². The molecule has 1 aromatic heterocycles. The smallest absolute Gasteiger partial charge is 0.255 e. The van der Waals surface area contributed by atoms with E-state index in [0.717, 1.165) is 37.1 Å². The highest BCUT2D eigenvalue weighted by Gasteiger charge is 2.16. The molecule has 1 aromatic carbocycles. The molecule has 0 spiro atoms. The van der Waals surface area contributed by atoms with Crippen molar-refractivity contribution in [3.8, 4) is 0 Å². The van der Waals surface area contributed by atoms with Gasteiger partial charge in [-0.25, -0.2) is 4.39 Å². The molecule has 1 fully saturated rings. The molecule has 3 rings (SSSR count). The first-order chi connectivity index (χ1) is 13.0. The highest BCUT2D eigenvalue weighted by molar-refractivity contribution is 5.94. The maximum atomic E-state index is 13.3. The summed E-state index contributed by atoms with van der Waals surface area (Å²) in [6.07, 6.45) is 4.58. The number of halogens is 1. The van der Waals surface area contributed by atoms with Gasteiger partial charge in [0.2, 0.25) is 0 Å². The second kappa shape index (κ2) is 9.10. The van der Waals surface area contributed by atoms with Gasteiger partial charge in [-0.3, -0.25) is 9.48 Å². The lowest BCUT2D eigenvalue weighted by molar-refractivity contribution is -0.163. The normalized spacial score (nSPS) is 17.1. The number of benzene rings is 1. The summed E-state index contributed by atoms with van der Waals surface area (Å²) in [5.41, 5.74) is 2.74. The molecule has 7 heteroatoms. The monoisotopic (exact) mass is 375 g/mol. The summed E-state index contributed by atoms with van der Waals surface area (Å²) in [4.78, 5) is 12.4. The fraction of sp³-hybridized carbons (Fsp3) is 0.500.